The quantitative estimate of drug-likeness (QED) is 0.347. The molecule has 1 saturated heterocycles. The summed E-state index contributed by atoms with van der Waals surface area (Å²) in [6.45, 7) is 13.5. The molecule has 10 heteroatoms. The summed E-state index contributed by atoms with van der Waals surface area (Å²) in [6.07, 6.45) is -6.77. The zero-order valence-corrected chi connectivity index (χ0v) is 20.3. The molecule has 7 nitrogen and oxygen atoms in total. The largest absolute Gasteiger partial charge is 0.455 e. The summed E-state index contributed by atoms with van der Waals surface area (Å²) in [7, 11) is 0. The van der Waals surface area contributed by atoms with Crippen molar-refractivity contribution in [3.05, 3.63) is 0 Å². The van der Waals surface area contributed by atoms with Crippen LogP contribution in [0.4, 0.5) is 8.78 Å². The van der Waals surface area contributed by atoms with Crippen molar-refractivity contribution in [3.63, 3.8) is 0 Å². The van der Waals surface area contributed by atoms with Crippen LogP contribution < -0.4 is 0 Å². The molecule has 1 aliphatic heterocycles. The van der Waals surface area contributed by atoms with Crippen LogP contribution in [0.15, 0.2) is 0 Å². The number of carbonyl (C=O) groups is 3. The van der Waals surface area contributed by atoms with Gasteiger partial charge in [-0.15, -0.1) is 0 Å². The summed E-state index contributed by atoms with van der Waals surface area (Å²) < 4.78 is 49.6. The van der Waals surface area contributed by atoms with Crippen molar-refractivity contribution in [3.8, 4) is 0 Å². The lowest BCUT2D eigenvalue weighted by Gasteiger charge is -2.43. The van der Waals surface area contributed by atoms with Gasteiger partial charge >= 0.3 is 23.3 Å². The van der Waals surface area contributed by atoms with Crippen molar-refractivity contribution < 1.29 is 42.1 Å². The van der Waals surface area contributed by atoms with E-state index in [1.54, 1.807) is 41.5 Å². The normalized spacial score (nSPS) is 25.5. The zero-order valence-electron chi connectivity index (χ0n) is 19.5. The van der Waals surface area contributed by atoms with E-state index in [1.807, 2.05) is 0 Å². The lowest BCUT2D eigenvalue weighted by molar-refractivity contribution is -0.255. The highest BCUT2D eigenvalue weighted by atomic mass is 35.5. The van der Waals surface area contributed by atoms with Crippen molar-refractivity contribution in [2.24, 2.45) is 16.2 Å². The molecule has 1 rings (SSSR count). The van der Waals surface area contributed by atoms with E-state index >= 15 is 0 Å². The SMILES string of the molecule is CC(C)(C)C(=O)O[C@@H]1[C@H](OC(=O)C(C)(C)C)[C@H](OC(=O)C(C)(C)C)CO[C@@H]1C(F)(F)Cl. The van der Waals surface area contributed by atoms with Gasteiger partial charge in [0.2, 0.25) is 0 Å². The maximum Gasteiger partial charge on any atom is 0.351 e. The Labute approximate surface area is 187 Å². The summed E-state index contributed by atoms with van der Waals surface area (Å²) in [6, 6.07) is 0. The number of hydrogen-bond acceptors (Lipinski definition) is 7. The molecule has 0 aliphatic carbocycles. The Hall–Kier alpha value is -1.48. The maximum absolute atomic E-state index is 14.1. The predicted octanol–water partition coefficient (Wildman–Crippen LogP) is 4.09. The van der Waals surface area contributed by atoms with E-state index < -0.39 is 70.6 Å². The fraction of sp³-hybridized carbons (Fsp3) is 0.857. The van der Waals surface area contributed by atoms with Gasteiger partial charge in [0, 0.05) is 0 Å². The molecule has 1 aliphatic rings. The highest BCUT2D eigenvalue weighted by Gasteiger charge is 2.57. The predicted molar refractivity (Wildman–Crippen MR) is 109 cm³/mol. The van der Waals surface area contributed by atoms with Gasteiger partial charge < -0.3 is 18.9 Å². The standard InChI is InChI=1S/C21H33ClF2O7/c1-18(2,3)15(25)29-11-10-28-14(21(22,23)24)13(31-17(27)20(7,8)9)12(11)30-16(26)19(4,5)6/h11-14H,10H2,1-9H3/t11-,12-,13-,14+/m1/s1. The van der Waals surface area contributed by atoms with E-state index in [0.717, 1.165) is 0 Å². The molecule has 1 heterocycles. The average molecular weight is 471 g/mol. The number of ether oxygens (including phenoxy) is 4. The molecule has 31 heavy (non-hydrogen) atoms. The molecule has 4 atom stereocenters. The minimum absolute atomic E-state index is 0.527. The minimum atomic E-state index is -3.95. The van der Waals surface area contributed by atoms with Crippen LogP contribution in [0.5, 0.6) is 0 Å². The van der Waals surface area contributed by atoms with Gasteiger partial charge in [0.15, 0.2) is 24.4 Å². The summed E-state index contributed by atoms with van der Waals surface area (Å²) >= 11 is 5.22. The molecule has 0 unspecified atom stereocenters. The van der Waals surface area contributed by atoms with E-state index in [2.05, 4.69) is 0 Å². The van der Waals surface area contributed by atoms with Crippen LogP contribution in [0.1, 0.15) is 62.3 Å². The molecule has 0 amide bonds. The van der Waals surface area contributed by atoms with Gasteiger partial charge in [-0.3, -0.25) is 14.4 Å². The van der Waals surface area contributed by atoms with E-state index in [0.29, 0.717) is 0 Å². The van der Waals surface area contributed by atoms with Crippen molar-refractivity contribution in [1.82, 2.24) is 0 Å². The molecule has 0 aromatic heterocycles. The smallest absolute Gasteiger partial charge is 0.351 e. The lowest BCUT2D eigenvalue weighted by atomic mass is 9.93. The van der Waals surface area contributed by atoms with Crippen molar-refractivity contribution in [2.45, 2.75) is 92.1 Å². The number of carbonyl (C=O) groups excluding carboxylic acids is 3. The van der Waals surface area contributed by atoms with Crippen LogP contribution >= 0.6 is 11.6 Å². The topological polar surface area (TPSA) is 88.1 Å². The molecule has 0 spiro atoms. The van der Waals surface area contributed by atoms with E-state index in [1.165, 1.54) is 20.8 Å². The molecule has 0 aromatic carbocycles. The zero-order chi connectivity index (χ0) is 24.6. The maximum atomic E-state index is 14.1. The van der Waals surface area contributed by atoms with E-state index in [9.17, 15) is 23.2 Å². The molecular weight excluding hydrogens is 438 g/mol. The van der Waals surface area contributed by atoms with Gasteiger partial charge in [-0.2, -0.15) is 8.78 Å². The monoisotopic (exact) mass is 470 g/mol. The Bertz CT molecular complexity index is 684. The number of rotatable bonds is 4. The van der Waals surface area contributed by atoms with Gasteiger partial charge in [0.25, 0.3) is 0 Å². The molecule has 0 radical (unpaired) electrons. The molecule has 0 bridgehead atoms. The fourth-order valence-corrected chi connectivity index (χ4v) is 2.53. The van der Waals surface area contributed by atoms with Gasteiger partial charge in [0.05, 0.1) is 22.9 Å². The molecule has 180 valence electrons. The van der Waals surface area contributed by atoms with Crippen molar-refractivity contribution >= 4 is 29.5 Å². The molecule has 1 fully saturated rings. The Balaban J connectivity index is 3.42. The molecular formula is C21H33ClF2O7. The lowest BCUT2D eigenvalue weighted by Crippen LogP contribution is -2.62. The highest BCUT2D eigenvalue weighted by molar-refractivity contribution is 6.22. The molecule has 0 saturated carbocycles. The van der Waals surface area contributed by atoms with Gasteiger partial charge in [-0.1, -0.05) is 0 Å². The number of alkyl halides is 3. The first-order valence-electron chi connectivity index (χ1n) is 9.97. The summed E-state index contributed by atoms with van der Waals surface area (Å²) in [5.74, 6) is -2.27. The second-order valence-electron chi connectivity index (χ2n) is 10.7. The van der Waals surface area contributed by atoms with Gasteiger partial charge in [-0.05, 0) is 73.9 Å². The first-order chi connectivity index (χ1) is 13.7. The van der Waals surface area contributed by atoms with Crippen LogP contribution in [0, 0.1) is 16.2 Å². The summed E-state index contributed by atoms with van der Waals surface area (Å²) in [4.78, 5) is 37.5. The van der Waals surface area contributed by atoms with Crippen LogP contribution in [-0.2, 0) is 33.3 Å². The summed E-state index contributed by atoms with van der Waals surface area (Å²) in [5, 5.41) is -3.95. The first kappa shape index (κ1) is 27.6. The highest BCUT2D eigenvalue weighted by Crippen LogP contribution is 2.38. The Morgan fingerprint density at radius 1 is 0.742 bits per heavy atom. The Morgan fingerprint density at radius 2 is 1.10 bits per heavy atom. The molecule has 0 N–H and O–H groups in total. The second kappa shape index (κ2) is 9.17. The first-order valence-corrected chi connectivity index (χ1v) is 10.3. The number of esters is 3. The summed E-state index contributed by atoms with van der Waals surface area (Å²) in [5.41, 5.74) is -2.99. The average Bonchev–Trinajstić information content (AvgIpc) is 2.53. The Kier molecular flexibility index (Phi) is 8.16. The molecule has 0 aromatic rings. The van der Waals surface area contributed by atoms with Crippen molar-refractivity contribution in [1.29, 1.82) is 0 Å². The third kappa shape index (κ3) is 7.56. The van der Waals surface area contributed by atoms with Crippen LogP contribution in [0.25, 0.3) is 0 Å². The van der Waals surface area contributed by atoms with Gasteiger partial charge in [0.1, 0.15) is 0 Å². The fourth-order valence-electron chi connectivity index (χ4n) is 2.34. The van der Waals surface area contributed by atoms with Crippen molar-refractivity contribution in [2.75, 3.05) is 6.61 Å². The van der Waals surface area contributed by atoms with E-state index in [-0.39, 0.29) is 0 Å². The number of hydrogen-bond donors (Lipinski definition) is 0. The third-order valence-electron chi connectivity index (χ3n) is 4.33. The minimum Gasteiger partial charge on any atom is -0.455 e. The van der Waals surface area contributed by atoms with Crippen LogP contribution in [0.3, 0.4) is 0 Å². The number of halogens is 3. The Morgan fingerprint density at radius 3 is 1.45 bits per heavy atom. The van der Waals surface area contributed by atoms with Crippen LogP contribution in [-0.4, -0.2) is 54.3 Å². The third-order valence-corrected chi connectivity index (χ3v) is 4.55. The van der Waals surface area contributed by atoms with Crippen LogP contribution in [0.2, 0.25) is 0 Å². The second-order valence-corrected chi connectivity index (χ2v) is 11.2. The van der Waals surface area contributed by atoms with Gasteiger partial charge in [-0.25, -0.2) is 0 Å². The van der Waals surface area contributed by atoms with E-state index in [4.69, 9.17) is 30.5 Å².